The fourth-order valence-corrected chi connectivity index (χ4v) is 3.21. The minimum atomic E-state index is -0.557. The summed E-state index contributed by atoms with van der Waals surface area (Å²) < 4.78 is 15.1. The normalized spacial score (nSPS) is 10.4. The monoisotopic (exact) mass is 392 g/mol. The van der Waals surface area contributed by atoms with Crippen LogP contribution in [-0.2, 0) is 0 Å². The highest BCUT2D eigenvalue weighted by molar-refractivity contribution is 9.13. The molecule has 0 saturated heterocycles. The number of hydrogen-bond acceptors (Lipinski definition) is 3. The molecule has 1 aromatic heterocycles. The summed E-state index contributed by atoms with van der Waals surface area (Å²) in [6.07, 6.45) is 0. The molecule has 2 aromatic rings. The van der Waals surface area contributed by atoms with Crippen LogP contribution in [0, 0.1) is 5.82 Å². The summed E-state index contributed by atoms with van der Waals surface area (Å²) in [4.78, 5) is 12.4. The summed E-state index contributed by atoms with van der Waals surface area (Å²) in [6.45, 7) is 0. The maximum Gasteiger partial charge on any atom is 0.265 e. The zero-order valence-corrected chi connectivity index (χ0v) is 12.8. The van der Waals surface area contributed by atoms with Gasteiger partial charge in [0.2, 0.25) is 0 Å². The van der Waals surface area contributed by atoms with Gasteiger partial charge in [-0.3, -0.25) is 4.79 Å². The lowest BCUT2D eigenvalue weighted by molar-refractivity contribution is 0.103. The quantitative estimate of drug-likeness (QED) is 0.749. The third-order valence-corrected chi connectivity index (χ3v) is 5.37. The Morgan fingerprint density at radius 3 is 2.61 bits per heavy atom. The molecule has 0 atom stereocenters. The second-order valence-electron chi connectivity index (χ2n) is 3.43. The van der Waals surface area contributed by atoms with Gasteiger partial charge in [-0.05, 0) is 56.1 Å². The molecule has 1 amide bonds. The van der Waals surface area contributed by atoms with Crippen molar-refractivity contribution in [3.63, 3.8) is 0 Å². The highest BCUT2D eigenvalue weighted by Crippen LogP contribution is 2.32. The molecule has 1 heterocycles. The average Bonchev–Trinajstić information content (AvgIpc) is 2.63. The summed E-state index contributed by atoms with van der Waals surface area (Å²) in [7, 11) is 0. The van der Waals surface area contributed by atoms with Crippen LogP contribution in [0.25, 0.3) is 0 Å². The fourth-order valence-electron chi connectivity index (χ4n) is 1.28. The highest BCUT2D eigenvalue weighted by atomic mass is 79.9. The molecular formula is C11H7Br2FN2OS. The number of hydrogen-bond donors (Lipinski definition) is 2. The molecule has 0 aliphatic rings. The van der Waals surface area contributed by atoms with Gasteiger partial charge < -0.3 is 11.1 Å². The van der Waals surface area contributed by atoms with Crippen LogP contribution in [-0.4, -0.2) is 5.91 Å². The summed E-state index contributed by atoms with van der Waals surface area (Å²) in [5.74, 6) is -0.923. The van der Waals surface area contributed by atoms with Crippen molar-refractivity contribution in [2.45, 2.75) is 0 Å². The minimum absolute atomic E-state index is 0.106. The van der Waals surface area contributed by atoms with E-state index in [0.29, 0.717) is 10.6 Å². The Hall–Kier alpha value is -0.920. The van der Waals surface area contributed by atoms with E-state index in [2.05, 4.69) is 37.2 Å². The first-order chi connectivity index (χ1) is 8.47. The first-order valence-electron chi connectivity index (χ1n) is 4.78. The minimum Gasteiger partial charge on any atom is -0.399 e. The lowest BCUT2D eigenvalue weighted by Gasteiger charge is -2.05. The topological polar surface area (TPSA) is 55.1 Å². The second kappa shape index (κ2) is 5.38. The largest absolute Gasteiger partial charge is 0.399 e. The molecule has 0 aliphatic carbocycles. The van der Waals surface area contributed by atoms with E-state index in [1.54, 1.807) is 6.07 Å². The van der Waals surface area contributed by atoms with E-state index in [-0.39, 0.29) is 11.6 Å². The van der Waals surface area contributed by atoms with Crippen molar-refractivity contribution in [3.05, 3.63) is 43.2 Å². The maximum absolute atomic E-state index is 13.5. The van der Waals surface area contributed by atoms with Crippen LogP contribution in [0.3, 0.4) is 0 Å². The third kappa shape index (κ3) is 2.90. The number of carbonyl (C=O) groups is 1. The molecule has 0 bridgehead atoms. The van der Waals surface area contributed by atoms with Gasteiger partial charge in [0, 0.05) is 10.2 Å². The van der Waals surface area contributed by atoms with Gasteiger partial charge in [0.25, 0.3) is 5.91 Å². The summed E-state index contributed by atoms with van der Waals surface area (Å²) in [5, 5.41) is 2.49. The van der Waals surface area contributed by atoms with Crippen molar-refractivity contribution in [2.24, 2.45) is 0 Å². The van der Waals surface area contributed by atoms with Crippen molar-refractivity contribution in [1.29, 1.82) is 0 Å². The fraction of sp³-hybridized carbons (Fsp3) is 0. The Morgan fingerprint density at radius 2 is 2.06 bits per heavy atom. The molecule has 94 valence electrons. The van der Waals surface area contributed by atoms with Crippen LogP contribution < -0.4 is 11.1 Å². The van der Waals surface area contributed by atoms with Crippen LogP contribution in [0.2, 0.25) is 0 Å². The van der Waals surface area contributed by atoms with Gasteiger partial charge in [-0.2, -0.15) is 0 Å². The van der Waals surface area contributed by atoms with Crippen LogP contribution in [0.5, 0.6) is 0 Å². The van der Waals surface area contributed by atoms with Gasteiger partial charge in [-0.15, -0.1) is 11.3 Å². The molecule has 7 heteroatoms. The number of thiophene rings is 1. The number of rotatable bonds is 2. The number of carbonyl (C=O) groups excluding carboxylic acids is 1. The molecule has 0 saturated carbocycles. The lowest BCUT2D eigenvalue weighted by atomic mass is 10.2. The summed E-state index contributed by atoms with van der Waals surface area (Å²) in [5.41, 5.74) is 5.85. The van der Waals surface area contributed by atoms with Crippen LogP contribution in [0.1, 0.15) is 9.67 Å². The Labute approximate surface area is 123 Å². The van der Waals surface area contributed by atoms with Crippen molar-refractivity contribution in [2.75, 3.05) is 11.1 Å². The molecule has 0 fully saturated rings. The van der Waals surface area contributed by atoms with Crippen LogP contribution >= 0.6 is 43.2 Å². The highest BCUT2D eigenvalue weighted by Gasteiger charge is 2.13. The average molecular weight is 394 g/mol. The number of nitrogen functional groups attached to an aromatic ring is 1. The van der Waals surface area contributed by atoms with Gasteiger partial charge in [0.05, 0.1) is 14.4 Å². The number of nitrogens with two attached hydrogens (primary N) is 1. The van der Waals surface area contributed by atoms with Crippen molar-refractivity contribution in [3.8, 4) is 0 Å². The summed E-state index contributed by atoms with van der Waals surface area (Å²) in [6, 6.07) is 5.79. The van der Waals surface area contributed by atoms with E-state index >= 15 is 0 Å². The van der Waals surface area contributed by atoms with Crippen molar-refractivity contribution >= 4 is 60.5 Å². The number of anilines is 2. The molecule has 0 radical (unpaired) electrons. The van der Waals surface area contributed by atoms with Crippen molar-refractivity contribution in [1.82, 2.24) is 0 Å². The van der Waals surface area contributed by atoms with Gasteiger partial charge in [0.15, 0.2) is 0 Å². The Balaban J connectivity index is 2.21. The smallest absolute Gasteiger partial charge is 0.265 e. The first-order valence-corrected chi connectivity index (χ1v) is 7.19. The van der Waals surface area contributed by atoms with Gasteiger partial charge in [0.1, 0.15) is 5.82 Å². The molecule has 1 aromatic carbocycles. The van der Waals surface area contributed by atoms with Gasteiger partial charge in [-0.1, -0.05) is 0 Å². The van der Waals surface area contributed by atoms with Crippen LogP contribution in [0.4, 0.5) is 15.8 Å². The standard InChI is InChI=1S/C11H7Br2FN2OS/c12-6-4-9(18-10(6)13)11(17)16-8-2-1-5(15)3-7(8)14/h1-4H,15H2,(H,16,17). The molecule has 18 heavy (non-hydrogen) atoms. The van der Waals surface area contributed by atoms with Crippen LogP contribution in [0.15, 0.2) is 32.5 Å². The maximum atomic E-state index is 13.5. The summed E-state index contributed by atoms with van der Waals surface area (Å²) >= 11 is 7.84. The van der Waals surface area contributed by atoms with E-state index in [1.807, 2.05) is 0 Å². The lowest BCUT2D eigenvalue weighted by Crippen LogP contribution is -2.11. The Kier molecular flexibility index (Phi) is 4.04. The first kappa shape index (κ1) is 13.5. The molecule has 3 N–H and O–H groups in total. The van der Waals surface area contributed by atoms with E-state index in [0.717, 1.165) is 14.3 Å². The number of benzene rings is 1. The predicted octanol–water partition coefficient (Wildman–Crippen LogP) is 4.25. The van der Waals surface area contributed by atoms with E-state index in [1.165, 1.54) is 23.5 Å². The van der Waals surface area contributed by atoms with E-state index in [9.17, 15) is 9.18 Å². The van der Waals surface area contributed by atoms with Gasteiger partial charge >= 0.3 is 0 Å². The van der Waals surface area contributed by atoms with Gasteiger partial charge in [-0.25, -0.2) is 4.39 Å². The number of nitrogens with one attached hydrogen (secondary N) is 1. The van der Waals surface area contributed by atoms with E-state index in [4.69, 9.17) is 5.73 Å². The zero-order valence-electron chi connectivity index (χ0n) is 8.84. The van der Waals surface area contributed by atoms with E-state index < -0.39 is 5.82 Å². The number of amides is 1. The molecule has 0 aliphatic heterocycles. The Morgan fingerprint density at radius 1 is 1.33 bits per heavy atom. The number of halogens is 3. The third-order valence-electron chi connectivity index (χ3n) is 2.11. The zero-order chi connectivity index (χ0) is 13.3. The molecule has 0 spiro atoms. The second-order valence-corrected chi connectivity index (χ2v) is 6.65. The molecular weight excluding hydrogens is 387 g/mol. The molecule has 0 unspecified atom stereocenters. The molecule has 2 rings (SSSR count). The molecule has 3 nitrogen and oxygen atoms in total. The van der Waals surface area contributed by atoms with Crippen molar-refractivity contribution < 1.29 is 9.18 Å². The predicted molar refractivity (Wildman–Crippen MR) is 78.5 cm³/mol. The Bertz CT molecular complexity index is 596. The SMILES string of the molecule is Nc1ccc(NC(=O)c2cc(Br)c(Br)s2)c(F)c1.